The van der Waals surface area contributed by atoms with Crippen molar-refractivity contribution in [3.8, 4) is 33.4 Å². The van der Waals surface area contributed by atoms with E-state index in [-0.39, 0.29) is 29.7 Å². The van der Waals surface area contributed by atoms with Crippen LogP contribution in [0.4, 0.5) is 17.1 Å². The lowest BCUT2D eigenvalue weighted by Crippen LogP contribution is -2.10. The Morgan fingerprint density at radius 1 is 0.421 bits per heavy atom. The van der Waals surface area contributed by atoms with E-state index in [2.05, 4.69) is 63.3 Å². The molecule has 0 aromatic heterocycles. The highest BCUT2D eigenvalue weighted by Crippen LogP contribution is 2.40. The minimum atomic E-state index is -0.399. The van der Waals surface area contributed by atoms with Gasteiger partial charge in [0.1, 0.15) is 0 Å². The molecule has 6 rings (SSSR count). The molecule has 0 N–H and O–H groups in total. The minimum Gasteiger partial charge on any atom is -0.310 e. The van der Waals surface area contributed by atoms with E-state index < -0.39 is 6.04 Å². The zero-order valence-corrected chi connectivity index (χ0v) is 22.0. The molecule has 0 heterocycles. The lowest BCUT2D eigenvalue weighted by Gasteiger charge is -2.27. The molecule has 6 aromatic carbocycles. The molecular formula is C36H26BrN. The Hall–Kier alpha value is -4.40. The van der Waals surface area contributed by atoms with Gasteiger partial charge in [-0.05, 0) is 88.0 Å². The van der Waals surface area contributed by atoms with Crippen LogP contribution in [0.5, 0.6) is 0 Å². The lowest BCUT2D eigenvalue weighted by molar-refractivity contribution is 1.28. The largest absolute Gasteiger partial charge is 0.310 e. The summed E-state index contributed by atoms with van der Waals surface area (Å²) < 4.78 is 42.0. The van der Waals surface area contributed by atoms with Gasteiger partial charge in [-0.3, -0.25) is 0 Å². The number of anilines is 3. The number of nitrogens with zero attached hydrogens (tertiary/aromatic N) is 1. The molecule has 0 aliphatic heterocycles. The number of halogens is 1. The molecule has 1 nitrogen and oxygen atoms in total. The molecule has 0 fully saturated rings. The SMILES string of the molecule is [2H]c1c([2H])c([2H])c(-c2ccc(N(c3ccc(Br)cc3)c3cc(-c4ccccc4)cc(-c4ccccc4)c3)cc2)c([2H])c1[2H]. The zero-order chi connectivity index (χ0) is 30.1. The number of hydrogen-bond acceptors (Lipinski definition) is 1. The Labute approximate surface area is 239 Å². The molecule has 0 aliphatic rings. The minimum absolute atomic E-state index is 0.185. The van der Waals surface area contributed by atoms with Gasteiger partial charge >= 0.3 is 0 Å². The summed E-state index contributed by atoms with van der Waals surface area (Å²) in [6.07, 6.45) is 0. The van der Waals surface area contributed by atoms with Crippen LogP contribution in [-0.2, 0) is 0 Å². The van der Waals surface area contributed by atoms with Crippen LogP contribution < -0.4 is 4.90 Å². The summed E-state index contributed by atoms with van der Waals surface area (Å²) in [7, 11) is 0. The molecule has 0 saturated heterocycles. The summed E-state index contributed by atoms with van der Waals surface area (Å²) in [6, 6.07) is 41.2. The van der Waals surface area contributed by atoms with E-state index in [1.54, 1.807) is 0 Å². The van der Waals surface area contributed by atoms with Crippen LogP contribution in [0, 0.1) is 0 Å². The average Bonchev–Trinajstić information content (AvgIpc) is 3.05. The summed E-state index contributed by atoms with van der Waals surface area (Å²) >= 11 is 3.56. The topological polar surface area (TPSA) is 3.24 Å². The first-order valence-electron chi connectivity index (χ1n) is 14.8. The molecule has 6 aromatic rings. The van der Waals surface area contributed by atoms with Gasteiger partial charge in [-0.15, -0.1) is 0 Å². The summed E-state index contributed by atoms with van der Waals surface area (Å²) in [5.41, 5.74) is 7.88. The van der Waals surface area contributed by atoms with E-state index >= 15 is 0 Å². The predicted molar refractivity (Wildman–Crippen MR) is 165 cm³/mol. The smallest absolute Gasteiger partial charge is 0.0629 e. The number of hydrogen-bond donors (Lipinski definition) is 0. The highest BCUT2D eigenvalue weighted by molar-refractivity contribution is 9.10. The molecule has 0 bridgehead atoms. The van der Waals surface area contributed by atoms with E-state index in [1.165, 1.54) is 0 Å². The third-order valence-corrected chi connectivity index (χ3v) is 6.92. The van der Waals surface area contributed by atoms with Crippen LogP contribution in [-0.4, -0.2) is 0 Å². The van der Waals surface area contributed by atoms with Crippen LogP contribution in [0.3, 0.4) is 0 Å². The summed E-state index contributed by atoms with van der Waals surface area (Å²) in [5.74, 6) is 0. The fourth-order valence-electron chi connectivity index (χ4n) is 4.54. The zero-order valence-electron chi connectivity index (χ0n) is 25.4. The first kappa shape index (κ1) is 18.8. The van der Waals surface area contributed by atoms with E-state index in [4.69, 9.17) is 6.85 Å². The summed E-state index contributed by atoms with van der Waals surface area (Å²) in [5, 5.41) is 0. The fourth-order valence-corrected chi connectivity index (χ4v) is 4.81. The summed E-state index contributed by atoms with van der Waals surface area (Å²) in [6.45, 7) is 0. The van der Waals surface area contributed by atoms with E-state index in [1.807, 2.05) is 84.9 Å². The molecule has 2 heteroatoms. The molecule has 38 heavy (non-hydrogen) atoms. The van der Waals surface area contributed by atoms with Crippen LogP contribution in [0.1, 0.15) is 6.85 Å². The first-order chi connectivity index (χ1) is 20.8. The van der Waals surface area contributed by atoms with Gasteiger partial charge in [0.15, 0.2) is 0 Å². The van der Waals surface area contributed by atoms with Crippen molar-refractivity contribution >= 4 is 33.0 Å². The van der Waals surface area contributed by atoms with Crippen LogP contribution in [0.15, 0.2) is 162 Å². The van der Waals surface area contributed by atoms with Gasteiger partial charge < -0.3 is 4.90 Å². The van der Waals surface area contributed by atoms with Crippen molar-refractivity contribution in [1.29, 1.82) is 0 Å². The van der Waals surface area contributed by atoms with Gasteiger partial charge in [0.25, 0.3) is 0 Å². The maximum Gasteiger partial charge on any atom is 0.0629 e. The molecular weight excluding hydrogens is 526 g/mol. The Morgan fingerprint density at radius 3 is 1.42 bits per heavy atom. The number of benzene rings is 6. The fraction of sp³-hybridized carbons (Fsp3) is 0. The second-order valence-corrected chi connectivity index (χ2v) is 9.77. The van der Waals surface area contributed by atoms with Crippen molar-refractivity contribution in [3.05, 3.63) is 162 Å². The molecule has 0 radical (unpaired) electrons. The van der Waals surface area contributed by atoms with Crippen LogP contribution in [0.2, 0.25) is 0 Å². The monoisotopic (exact) mass is 556 g/mol. The second-order valence-electron chi connectivity index (χ2n) is 8.86. The Balaban J connectivity index is 1.53. The quantitative estimate of drug-likeness (QED) is 0.197. The van der Waals surface area contributed by atoms with Crippen molar-refractivity contribution in [2.45, 2.75) is 0 Å². The second kappa shape index (κ2) is 10.9. The van der Waals surface area contributed by atoms with Crippen molar-refractivity contribution in [2.24, 2.45) is 0 Å². The van der Waals surface area contributed by atoms with Crippen LogP contribution >= 0.6 is 15.9 Å². The van der Waals surface area contributed by atoms with Gasteiger partial charge in [0.2, 0.25) is 0 Å². The maximum absolute atomic E-state index is 8.42. The van der Waals surface area contributed by atoms with Gasteiger partial charge in [0, 0.05) is 21.5 Å². The maximum atomic E-state index is 8.42. The van der Waals surface area contributed by atoms with Crippen LogP contribution in [0.25, 0.3) is 33.4 Å². The highest BCUT2D eigenvalue weighted by atomic mass is 79.9. The van der Waals surface area contributed by atoms with Crippen molar-refractivity contribution < 1.29 is 6.85 Å². The Kier molecular flexibility index (Phi) is 5.40. The van der Waals surface area contributed by atoms with Gasteiger partial charge in [-0.1, -0.05) is 119 Å². The van der Waals surface area contributed by atoms with Crippen molar-refractivity contribution in [1.82, 2.24) is 0 Å². The molecule has 0 spiro atoms. The lowest BCUT2D eigenvalue weighted by atomic mass is 9.97. The first-order valence-corrected chi connectivity index (χ1v) is 13.1. The van der Waals surface area contributed by atoms with E-state index in [0.717, 1.165) is 43.8 Å². The Morgan fingerprint density at radius 2 is 0.895 bits per heavy atom. The van der Waals surface area contributed by atoms with Gasteiger partial charge in [0.05, 0.1) is 6.85 Å². The molecule has 0 unspecified atom stereocenters. The molecule has 182 valence electrons. The van der Waals surface area contributed by atoms with E-state index in [0.29, 0.717) is 5.56 Å². The van der Waals surface area contributed by atoms with E-state index in [9.17, 15) is 0 Å². The number of rotatable bonds is 6. The standard InChI is InChI=1S/C36H26BrN/c37-33-18-22-35(23-19-33)38(34-20-16-30(17-21-34)27-10-4-1-5-11-27)36-25-31(28-12-6-2-7-13-28)24-32(26-36)29-14-8-3-9-15-29/h1-26H/i1D,4D,5D,10D,11D. The molecule has 0 atom stereocenters. The third kappa shape index (κ3) is 5.18. The van der Waals surface area contributed by atoms with Gasteiger partial charge in [-0.25, -0.2) is 0 Å². The Bertz CT molecular complexity index is 1820. The van der Waals surface area contributed by atoms with Crippen molar-refractivity contribution in [3.63, 3.8) is 0 Å². The predicted octanol–water partition coefficient (Wildman–Crippen LogP) is 10.9. The third-order valence-electron chi connectivity index (χ3n) is 6.39. The molecule has 0 aliphatic carbocycles. The highest BCUT2D eigenvalue weighted by Gasteiger charge is 2.16. The van der Waals surface area contributed by atoms with Crippen molar-refractivity contribution in [2.75, 3.05) is 4.90 Å². The summed E-state index contributed by atoms with van der Waals surface area (Å²) in [4.78, 5) is 2.16. The molecule has 0 saturated carbocycles. The average molecular weight is 558 g/mol. The van der Waals surface area contributed by atoms with Gasteiger partial charge in [-0.2, -0.15) is 0 Å². The normalized spacial score (nSPS) is 12.6. The molecule has 0 amide bonds.